The number of rotatable bonds is 11. The normalized spacial score (nSPS) is 13.9. The van der Waals surface area contributed by atoms with Gasteiger partial charge in [0.15, 0.2) is 0 Å². The molecule has 104 valence electrons. The van der Waals surface area contributed by atoms with Crippen LogP contribution in [0.15, 0.2) is 0 Å². The van der Waals surface area contributed by atoms with Gasteiger partial charge >= 0.3 is 0 Å². The van der Waals surface area contributed by atoms with Gasteiger partial charge in [0.25, 0.3) is 0 Å². The third-order valence-electron chi connectivity index (χ3n) is 3.44. The van der Waals surface area contributed by atoms with Gasteiger partial charge in [-0.05, 0) is 25.2 Å². The molecule has 0 rings (SSSR count). The van der Waals surface area contributed by atoms with Crippen molar-refractivity contribution >= 4 is 15.9 Å². The van der Waals surface area contributed by atoms with E-state index in [0.717, 1.165) is 18.5 Å². The van der Waals surface area contributed by atoms with Crippen molar-refractivity contribution in [3.63, 3.8) is 0 Å². The molecule has 1 nitrogen and oxygen atoms in total. The van der Waals surface area contributed by atoms with E-state index in [4.69, 9.17) is 4.74 Å². The van der Waals surface area contributed by atoms with Gasteiger partial charge in [0, 0.05) is 17.4 Å². The molecule has 0 saturated carbocycles. The molecule has 17 heavy (non-hydrogen) atoms. The lowest BCUT2D eigenvalue weighted by Crippen LogP contribution is -2.29. The highest BCUT2D eigenvalue weighted by atomic mass is 79.9. The van der Waals surface area contributed by atoms with Crippen LogP contribution in [-0.4, -0.2) is 18.5 Å². The first-order valence-electron chi connectivity index (χ1n) is 7.27. The van der Waals surface area contributed by atoms with E-state index >= 15 is 0 Å². The van der Waals surface area contributed by atoms with E-state index in [1.165, 1.54) is 38.5 Å². The van der Waals surface area contributed by atoms with Crippen LogP contribution >= 0.6 is 15.9 Å². The topological polar surface area (TPSA) is 9.23 Å². The van der Waals surface area contributed by atoms with E-state index in [0.29, 0.717) is 11.3 Å². The number of alkyl halides is 1. The smallest absolute Gasteiger partial charge is 0.0530 e. The van der Waals surface area contributed by atoms with E-state index in [2.05, 4.69) is 43.6 Å². The number of hydrogen-bond acceptors (Lipinski definition) is 1. The zero-order chi connectivity index (χ0) is 13.1. The van der Waals surface area contributed by atoms with Crippen LogP contribution in [0.3, 0.4) is 0 Å². The molecular weight excluding hydrogens is 276 g/mol. The van der Waals surface area contributed by atoms with Crippen molar-refractivity contribution in [2.75, 3.05) is 18.5 Å². The Balaban J connectivity index is 4.05. The summed E-state index contributed by atoms with van der Waals surface area (Å²) in [5.41, 5.74) is 0.370. The van der Waals surface area contributed by atoms with Gasteiger partial charge in [0.05, 0.1) is 6.61 Å². The van der Waals surface area contributed by atoms with Gasteiger partial charge in [-0.3, -0.25) is 0 Å². The molecule has 0 aliphatic rings. The Morgan fingerprint density at radius 1 is 1.06 bits per heavy atom. The molecule has 2 heteroatoms. The summed E-state index contributed by atoms with van der Waals surface area (Å²) >= 11 is 3.69. The van der Waals surface area contributed by atoms with Crippen LogP contribution in [-0.2, 0) is 4.74 Å². The molecule has 0 aromatic rings. The second-order valence-corrected chi connectivity index (χ2v) is 6.10. The minimum atomic E-state index is 0.370. The van der Waals surface area contributed by atoms with Gasteiger partial charge < -0.3 is 4.74 Å². The summed E-state index contributed by atoms with van der Waals surface area (Å²) in [6.45, 7) is 10.9. The molecule has 0 radical (unpaired) electrons. The molecule has 0 bridgehead atoms. The van der Waals surface area contributed by atoms with E-state index in [1.54, 1.807) is 0 Å². The summed E-state index contributed by atoms with van der Waals surface area (Å²) in [4.78, 5) is 0. The molecule has 0 aromatic heterocycles. The highest BCUT2D eigenvalue weighted by Gasteiger charge is 2.27. The maximum absolute atomic E-state index is 5.98. The average molecular weight is 307 g/mol. The Morgan fingerprint density at radius 3 is 2.06 bits per heavy atom. The van der Waals surface area contributed by atoms with E-state index in [-0.39, 0.29) is 0 Å². The molecule has 1 atom stereocenters. The zero-order valence-electron chi connectivity index (χ0n) is 12.2. The average Bonchev–Trinajstić information content (AvgIpc) is 2.30. The molecule has 0 heterocycles. The lowest BCUT2D eigenvalue weighted by molar-refractivity contribution is 0.0277. The van der Waals surface area contributed by atoms with Crippen LogP contribution in [0.25, 0.3) is 0 Å². The van der Waals surface area contributed by atoms with E-state index in [1.807, 2.05) is 0 Å². The van der Waals surface area contributed by atoms with Gasteiger partial charge in [-0.2, -0.15) is 0 Å². The molecule has 0 spiro atoms. The van der Waals surface area contributed by atoms with Crippen molar-refractivity contribution in [3.05, 3.63) is 0 Å². The summed E-state index contributed by atoms with van der Waals surface area (Å²) in [6.07, 6.45) is 7.59. The Labute approximate surface area is 117 Å². The molecule has 1 unspecified atom stereocenters. The first-order chi connectivity index (χ1) is 8.14. The Morgan fingerprint density at radius 2 is 1.65 bits per heavy atom. The predicted octanol–water partition coefficient (Wildman–Crippen LogP) is 5.42. The Bertz CT molecular complexity index is 164. The fraction of sp³-hybridized carbons (Fsp3) is 1.00. The molecule has 0 aliphatic heterocycles. The van der Waals surface area contributed by atoms with E-state index in [9.17, 15) is 0 Å². The van der Waals surface area contributed by atoms with E-state index < -0.39 is 0 Å². The number of hydrogen-bond donors (Lipinski definition) is 0. The minimum absolute atomic E-state index is 0.370. The van der Waals surface area contributed by atoms with Crippen LogP contribution < -0.4 is 0 Å². The quantitative estimate of drug-likeness (QED) is 0.463. The summed E-state index contributed by atoms with van der Waals surface area (Å²) in [5.74, 6) is 0.705. The van der Waals surface area contributed by atoms with Crippen molar-refractivity contribution in [2.45, 2.75) is 66.2 Å². The van der Waals surface area contributed by atoms with Gasteiger partial charge in [-0.1, -0.05) is 62.9 Å². The highest BCUT2D eigenvalue weighted by molar-refractivity contribution is 9.09. The monoisotopic (exact) mass is 306 g/mol. The third kappa shape index (κ3) is 7.46. The standard InChI is InChI=1S/C15H31BrO/c1-5-8-14(4)11-17-13-15(12-16,9-6-2)10-7-3/h14H,5-13H2,1-4H3. The summed E-state index contributed by atoms with van der Waals surface area (Å²) in [7, 11) is 0. The molecule has 0 amide bonds. The van der Waals surface area contributed by atoms with Crippen molar-refractivity contribution in [1.29, 1.82) is 0 Å². The molecular formula is C15H31BrO. The highest BCUT2D eigenvalue weighted by Crippen LogP contribution is 2.32. The van der Waals surface area contributed by atoms with Gasteiger partial charge in [0.2, 0.25) is 0 Å². The fourth-order valence-corrected chi connectivity index (χ4v) is 3.28. The summed E-state index contributed by atoms with van der Waals surface area (Å²) in [6, 6.07) is 0. The Kier molecular flexibility index (Phi) is 10.6. The second-order valence-electron chi connectivity index (χ2n) is 5.54. The van der Waals surface area contributed by atoms with Crippen molar-refractivity contribution in [3.8, 4) is 0 Å². The maximum Gasteiger partial charge on any atom is 0.0530 e. The second kappa shape index (κ2) is 10.4. The lowest BCUT2D eigenvalue weighted by Gasteiger charge is -2.31. The summed E-state index contributed by atoms with van der Waals surface area (Å²) in [5, 5.41) is 1.07. The number of halogens is 1. The maximum atomic E-state index is 5.98. The molecule has 0 aliphatic carbocycles. The Hall–Kier alpha value is 0.440. The van der Waals surface area contributed by atoms with Crippen LogP contribution in [0.4, 0.5) is 0 Å². The molecule has 0 saturated heterocycles. The first-order valence-corrected chi connectivity index (χ1v) is 8.40. The summed E-state index contributed by atoms with van der Waals surface area (Å²) < 4.78 is 5.98. The molecule has 0 aromatic carbocycles. The van der Waals surface area contributed by atoms with Crippen LogP contribution in [0.2, 0.25) is 0 Å². The minimum Gasteiger partial charge on any atom is -0.381 e. The third-order valence-corrected chi connectivity index (χ3v) is 4.63. The lowest BCUT2D eigenvalue weighted by atomic mass is 9.82. The van der Waals surface area contributed by atoms with Crippen LogP contribution in [0.5, 0.6) is 0 Å². The van der Waals surface area contributed by atoms with Gasteiger partial charge in [-0.15, -0.1) is 0 Å². The number of ether oxygens (including phenoxy) is 1. The fourth-order valence-electron chi connectivity index (χ4n) is 2.55. The van der Waals surface area contributed by atoms with Crippen molar-refractivity contribution in [2.24, 2.45) is 11.3 Å². The van der Waals surface area contributed by atoms with Crippen molar-refractivity contribution in [1.82, 2.24) is 0 Å². The SMILES string of the molecule is CCCC(C)COCC(CBr)(CCC)CCC. The predicted molar refractivity (Wildman–Crippen MR) is 80.9 cm³/mol. The molecule has 0 N–H and O–H groups in total. The zero-order valence-corrected chi connectivity index (χ0v) is 13.8. The first kappa shape index (κ1) is 17.4. The van der Waals surface area contributed by atoms with Gasteiger partial charge in [0.1, 0.15) is 0 Å². The van der Waals surface area contributed by atoms with Crippen LogP contribution in [0.1, 0.15) is 66.2 Å². The molecule has 0 fully saturated rings. The van der Waals surface area contributed by atoms with Crippen LogP contribution in [0, 0.1) is 11.3 Å². The largest absolute Gasteiger partial charge is 0.381 e. The van der Waals surface area contributed by atoms with Crippen molar-refractivity contribution < 1.29 is 4.74 Å². The van der Waals surface area contributed by atoms with Gasteiger partial charge in [-0.25, -0.2) is 0 Å².